The molecule has 1 atom stereocenters. The SMILES string of the molecule is Cc1nc(C2(NC(=O)c3cccc(S(=O)(=O)N4CCCCC4C)c3)CCCCCC2)no1. The molecule has 2 heterocycles. The Balaban J connectivity index is 1.61. The van der Waals surface area contributed by atoms with Crippen LogP contribution in [0.2, 0.25) is 0 Å². The van der Waals surface area contributed by atoms with E-state index < -0.39 is 15.6 Å². The average molecular weight is 461 g/mol. The molecule has 8 nitrogen and oxygen atoms in total. The first-order valence-corrected chi connectivity index (χ1v) is 13.0. The molecule has 2 aromatic rings. The van der Waals surface area contributed by atoms with E-state index in [0.29, 0.717) is 23.8 Å². The number of hydrogen-bond acceptors (Lipinski definition) is 6. The quantitative estimate of drug-likeness (QED) is 0.678. The lowest BCUT2D eigenvalue weighted by Gasteiger charge is -2.32. The van der Waals surface area contributed by atoms with Gasteiger partial charge in [-0.25, -0.2) is 8.42 Å². The number of carbonyl (C=O) groups is 1. The van der Waals surface area contributed by atoms with Gasteiger partial charge in [-0.05, 0) is 50.8 Å². The van der Waals surface area contributed by atoms with Gasteiger partial charge in [-0.3, -0.25) is 4.79 Å². The third-order valence-corrected chi connectivity index (χ3v) is 8.72. The zero-order valence-electron chi connectivity index (χ0n) is 18.8. The Morgan fingerprint density at radius 1 is 1.16 bits per heavy atom. The summed E-state index contributed by atoms with van der Waals surface area (Å²) in [6, 6.07) is 6.30. The second-order valence-corrected chi connectivity index (χ2v) is 11.0. The highest BCUT2D eigenvalue weighted by Gasteiger charge is 2.39. The van der Waals surface area contributed by atoms with Crippen LogP contribution >= 0.6 is 0 Å². The van der Waals surface area contributed by atoms with Gasteiger partial charge in [0, 0.05) is 25.1 Å². The summed E-state index contributed by atoms with van der Waals surface area (Å²) in [6.45, 7) is 4.19. The number of piperidine rings is 1. The number of aryl methyl sites for hydroxylation is 1. The van der Waals surface area contributed by atoms with E-state index in [2.05, 4.69) is 15.5 Å². The minimum Gasteiger partial charge on any atom is -0.340 e. The van der Waals surface area contributed by atoms with Crippen molar-refractivity contribution in [1.29, 1.82) is 0 Å². The molecule has 0 spiro atoms. The molecule has 2 aliphatic rings. The lowest BCUT2D eigenvalue weighted by molar-refractivity contribution is 0.0876. The van der Waals surface area contributed by atoms with Crippen LogP contribution in [0.5, 0.6) is 0 Å². The molecule has 9 heteroatoms. The monoisotopic (exact) mass is 460 g/mol. The van der Waals surface area contributed by atoms with Crippen molar-refractivity contribution in [1.82, 2.24) is 19.8 Å². The van der Waals surface area contributed by atoms with Gasteiger partial charge in [-0.1, -0.05) is 43.3 Å². The third kappa shape index (κ3) is 4.59. The number of hydrogen-bond donors (Lipinski definition) is 1. The molecule has 1 N–H and O–H groups in total. The molecule has 4 rings (SSSR count). The number of benzene rings is 1. The normalized spacial score (nSPS) is 22.2. The molecule has 1 aromatic carbocycles. The molecule has 1 saturated heterocycles. The van der Waals surface area contributed by atoms with Crippen LogP contribution in [0.25, 0.3) is 0 Å². The van der Waals surface area contributed by atoms with Crippen molar-refractivity contribution in [2.24, 2.45) is 0 Å². The van der Waals surface area contributed by atoms with Crippen LogP contribution in [0, 0.1) is 6.92 Å². The van der Waals surface area contributed by atoms with Crippen LogP contribution in [-0.2, 0) is 15.6 Å². The molecule has 2 fully saturated rings. The van der Waals surface area contributed by atoms with Crippen molar-refractivity contribution in [3.8, 4) is 0 Å². The number of aromatic nitrogens is 2. The van der Waals surface area contributed by atoms with Crippen LogP contribution in [0.1, 0.15) is 86.8 Å². The fraction of sp³-hybridized carbons (Fsp3) is 0.609. The Labute approximate surface area is 189 Å². The average Bonchev–Trinajstić information content (AvgIpc) is 3.09. The van der Waals surface area contributed by atoms with Crippen LogP contribution in [0.4, 0.5) is 0 Å². The zero-order chi connectivity index (χ0) is 22.8. The van der Waals surface area contributed by atoms with Crippen molar-refractivity contribution in [3.63, 3.8) is 0 Å². The van der Waals surface area contributed by atoms with Crippen molar-refractivity contribution in [3.05, 3.63) is 41.5 Å². The number of nitrogens with zero attached hydrogens (tertiary/aromatic N) is 3. The van der Waals surface area contributed by atoms with E-state index in [1.54, 1.807) is 29.4 Å². The molecule has 174 valence electrons. The maximum absolute atomic E-state index is 13.3. The van der Waals surface area contributed by atoms with Gasteiger partial charge in [-0.2, -0.15) is 9.29 Å². The molecule has 1 aliphatic carbocycles. The van der Waals surface area contributed by atoms with Gasteiger partial charge in [0.15, 0.2) is 5.82 Å². The van der Waals surface area contributed by atoms with E-state index in [-0.39, 0.29) is 16.8 Å². The fourth-order valence-corrected chi connectivity index (χ4v) is 6.63. The minimum atomic E-state index is -3.66. The fourth-order valence-electron chi connectivity index (χ4n) is 4.88. The summed E-state index contributed by atoms with van der Waals surface area (Å²) >= 11 is 0. The summed E-state index contributed by atoms with van der Waals surface area (Å²) in [5, 5.41) is 7.28. The summed E-state index contributed by atoms with van der Waals surface area (Å²) in [6.07, 6.45) is 8.29. The zero-order valence-corrected chi connectivity index (χ0v) is 19.7. The predicted molar refractivity (Wildman–Crippen MR) is 120 cm³/mol. The summed E-state index contributed by atoms with van der Waals surface area (Å²) in [4.78, 5) is 17.9. The van der Waals surface area contributed by atoms with E-state index in [1.807, 2.05) is 6.92 Å². The van der Waals surface area contributed by atoms with Crippen LogP contribution in [0.15, 0.2) is 33.7 Å². The van der Waals surface area contributed by atoms with Crippen LogP contribution < -0.4 is 5.32 Å². The molecular weight excluding hydrogens is 428 g/mol. The molecule has 1 aliphatic heterocycles. The second-order valence-electron chi connectivity index (χ2n) is 9.08. The van der Waals surface area contributed by atoms with E-state index in [0.717, 1.165) is 57.8 Å². The van der Waals surface area contributed by atoms with Gasteiger partial charge in [0.05, 0.1) is 4.90 Å². The number of amides is 1. The minimum absolute atomic E-state index is 0.0398. The maximum Gasteiger partial charge on any atom is 0.252 e. The highest BCUT2D eigenvalue weighted by atomic mass is 32.2. The topological polar surface area (TPSA) is 105 Å². The van der Waals surface area contributed by atoms with Crippen molar-refractivity contribution in [2.75, 3.05) is 6.54 Å². The molecule has 32 heavy (non-hydrogen) atoms. The molecule has 1 saturated carbocycles. The molecule has 1 amide bonds. The first kappa shape index (κ1) is 22.9. The predicted octanol–water partition coefficient (Wildman–Crippen LogP) is 3.92. The summed E-state index contributed by atoms with van der Waals surface area (Å²) in [5.41, 5.74) is -0.388. The lowest BCUT2D eigenvalue weighted by Crippen LogP contribution is -2.46. The highest BCUT2D eigenvalue weighted by molar-refractivity contribution is 7.89. The Kier molecular flexibility index (Phi) is 6.67. The van der Waals surface area contributed by atoms with Crippen LogP contribution in [0.3, 0.4) is 0 Å². The molecule has 0 bridgehead atoms. The summed E-state index contributed by atoms with van der Waals surface area (Å²) in [7, 11) is -3.66. The van der Waals surface area contributed by atoms with Gasteiger partial charge in [0.25, 0.3) is 5.91 Å². The van der Waals surface area contributed by atoms with Gasteiger partial charge in [0.2, 0.25) is 15.9 Å². The molecular formula is C23H32N4O4S. The van der Waals surface area contributed by atoms with Crippen molar-refractivity contribution in [2.45, 2.75) is 88.1 Å². The highest BCUT2D eigenvalue weighted by Crippen LogP contribution is 2.35. The molecule has 1 unspecified atom stereocenters. The van der Waals surface area contributed by atoms with E-state index in [1.165, 1.54) is 6.07 Å². The Morgan fingerprint density at radius 3 is 2.56 bits per heavy atom. The maximum atomic E-state index is 13.3. The van der Waals surface area contributed by atoms with E-state index in [4.69, 9.17) is 4.52 Å². The lowest BCUT2D eigenvalue weighted by atomic mass is 9.88. The van der Waals surface area contributed by atoms with Crippen molar-refractivity contribution >= 4 is 15.9 Å². The summed E-state index contributed by atoms with van der Waals surface area (Å²) < 4.78 is 33.3. The number of rotatable bonds is 5. The first-order valence-electron chi connectivity index (χ1n) is 11.6. The van der Waals surface area contributed by atoms with E-state index in [9.17, 15) is 13.2 Å². The van der Waals surface area contributed by atoms with Crippen molar-refractivity contribution < 1.29 is 17.7 Å². The first-order chi connectivity index (χ1) is 15.3. The van der Waals surface area contributed by atoms with Crippen LogP contribution in [-0.4, -0.2) is 41.4 Å². The summed E-state index contributed by atoms with van der Waals surface area (Å²) in [5.74, 6) is 0.635. The van der Waals surface area contributed by atoms with Gasteiger partial charge < -0.3 is 9.84 Å². The van der Waals surface area contributed by atoms with Gasteiger partial charge in [0.1, 0.15) is 5.54 Å². The second kappa shape index (κ2) is 9.31. The third-order valence-electron chi connectivity index (χ3n) is 6.71. The molecule has 1 aromatic heterocycles. The Hall–Kier alpha value is -2.26. The van der Waals surface area contributed by atoms with Gasteiger partial charge >= 0.3 is 0 Å². The smallest absolute Gasteiger partial charge is 0.252 e. The van der Waals surface area contributed by atoms with E-state index >= 15 is 0 Å². The number of sulfonamides is 1. The van der Waals surface area contributed by atoms with Gasteiger partial charge in [-0.15, -0.1) is 0 Å². The molecule has 0 radical (unpaired) electrons. The Bertz CT molecular complexity index is 1060. The standard InChI is InChI=1S/C23H32N4O4S/c1-17-10-5-8-15-27(17)32(29,30)20-12-9-11-19(16-20)21(28)25-23(13-6-3-4-7-14-23)22-24-18(2)31-26-22/h9,11-12,16-17H,3-8,10,13-15H2,1-2H3,(H,25,28). The number of nitrogens with one attached hydrogen (secondary N) is 1. The Morgan fingerprint density at radius 2 is 1.91 bits per heavy atom. The number of carbonyl (C=O) groups excluding carboxylic acids is 1. The largest absolute Gasteiger partial charge is 0.340 e.